The second-order valence-electron chi connectivity index (χ2n) is 4.28. The van der Waals surface area contributed by atoms with Crippen LogP contribution in [0, 0.1) is 0 Å². The van der Waals surface area contributed by atoms with Crippen molar-refractivity contribution in [1.82, 2.24) is 9.88 Å². The fraction of sp³-hybridized carbons (Fsp3) is 0.636. The largest absolute Gasteiger partial charge is 0.333 e. The van der Waals surface area contributed by atoms with E-state index in [9.17, 15) is 4.79 Å². The summed E-state index contributed by atoms with van der Waals surface area (Å²) in [7, 11) is 0. The third kappa shape index (κ3) is 2.81. The zero-order valence-electron chi connectivity index (χ0n) is 10.0. The molecule has 2 heterocycles. The highest BCUT2D eigenvalue weighted by atomic mass is 32.2. The summed E-state index contributed by atoms with van der Waals surface area (Å²) in [5, 5.41) is 2.64. The van der Waals surface area contributed by atoms with E-state index in [-0.39, 0.29) is 11.9 Å². The van der Waals surface area contributed by atoms with Crippen molar-refractivity contribution in [2.75, 3.05) is 18.1 Å². The summed E-state index contributed by atoms with van der Waals surface area (Å²) in [4.78, 5) is 18.5. The van der Waals surface area contributed by atoms with Crippen molar-refractivity contribution >= 4 is 29.0 Å². The summed E-state index contributed by atoms with van der Waals surface area (Å²) in [5.74, 6) is 2.07. The minimum absolute atomic E-state index is 0.0425. The van der Waals surface area contributed by atoms with Crippen molar-refractivity contribution in [2.45, 2.75) is 25.9 Å². The van der Waals surface area contributed by atoms with Crippen LogP contribution in [0.5, 0.6) is 0 Å². The molecule has 0 bridgehead atoms. The second kappa shape index (κ2) is 5.37. The lowest BCUT2D eigenvalue weighted by molar-refractivity contribution is 0.0710. The molecule has 0 radical (unpaired) electrons. The Kier molecular flexibility index (Phi) is 4.06. The molecule has 17 heavy (non-hydrogen) atoms. The predicted molar refractivity (Wildman–Crippen MR) is 72.5 cm³/mol. The molecular weight excluding hydrogens is 254 g/mol. The van der Waals surface area contributed by atoms with Crippen molar-refractivity contribution < 1.29 is 4.79 Å². The highest BCUT2D eigenvalue weighted by molar-refractivity contribution is 7.99. The highest BCUT2D eigenvalue weighted by Crippen LogP contribution is 2.21. The van der Waals surface area contributed by atoms with E-state index < -0.39 is 0 Å². The molecule has 0 spiro atoms. The van der Waals surface area contributed by atoms with E-state index in [1.807, 2.05) is 29.0 Å². The minimum Gasteiger partial charge on any atom is -0.333 e. The van der Waals surface area contributed by atoms with E-state index >= 15 is 0 Å². The van der Waals surface area contributed by atoms with Gasteiger partial charge in [0.2, 0.25) is 0 Å². The van der Waals surface area contributed by atoms with Gasteiger partial charge in [-0.15, -0.1) is 11.3 Å². The average molecular weight is 271 g/mol. The molecule has 0 saturated carbocycles. The fourth-order valence-corrected chi connectivity index (χ4v) is 3.54. The Morgan fingerprint density at radius 1 is 1.71 bits per heavy atom. The monoisotopic (exact) mass is 271 g/mol. The Bertz CT molecular complexity index is 405. The molecule has 1 aliphatic heterocycles. The number of thioether (sulfide) groups is 1. The first-order chi connectivity index (χ1) is 8.09. The molecule has 0 aromatic carbocycles. The number of hydrogen-bond acceptors (Lipinski definition) is 5. The molecule has 6 heteroatoms. The zero-order chi connectivity index (χ0) is 12.4. The molecule has 1 aromatic heterocycles. The van der Waals surface area contributed by atoms with E-state index in [2.05, 4.69) is 11.9 Å². The number of nitrogens with zero attached hydrogens (tertiary/aromatic N) is 2. The van der Waals surface area contributed by atoms with Crippen LogP contribution in [0.2, 0.25) is 0 Å². The summed E-state index contributed by atoms with van der Waals surface area (Å²) in [6.07, 6.45) is 0. The highest BCUT2D eigenvalue weighted by Gasteiger charge is 2.26. The van der Waals surface area contributed by atoms with Crippen LogP contribution in [0.25, 0.3) is 0 Å². The number of hydrogen-bond donors (Lipinski definition) is 1. The van der Waals surface area contributed by atoms with Gasteiger partial charge in [0.1, 0.15) is 10.7 Å². The normalized spacial score (nSPS) is 22.5. The zero-order valence-corrected chi connectivity index (χ0v) is 11.7. The van der Waals surface area contributed by atoms with Gasteiger partial charge in [0.05, 0.1) is 6.04 Å². The summed E-state index contributed by atoms with van der Waals surface area (Å²) in [6.45, 7) is 4.78. The van der Waals surface area contributed by atoms with Gasteiger partial charge in [0.25, 0.3) is 5.91 Å². The molecule has 1 aromatic rings. The fourth-order valence-electron chi connectivity index (χ4n) is 1.77. The van der Waals surface area contributed by atoms with Crippen molar-refractivity contribution in [3.05, 3.63) is 16.1 Å². The summed E-state index contributed by atoms with van der Waals surface area (Å²) >= 11 is 3.36. The van der Waals surface area contributed by atoms with Gasteiger partial charge in [-0.1, -0.05) is 0 Å². The third-order valence-corrected chi connectivity index (χ3v) is 4.99. The van der Waals surface area contributed by atoms with Crippen LogP contribution in [0.4, 0.5) is 0 Å². The van der Waals surface area contributed by atoms with E-state index in [0.29, 0.717) is 11.7 Å². The van der Waals surface area contributed by atoms with E-state index in [0.717, 1.165) is 23.1 Å². The number of carbonyl (C=O) groups excluding carboxylic acids is 1. The molecule has 1 fully saturated rings. The molecule has 2 atom stereocenters. The quantitative estimate of drug-likeness (QED) is 0.890. The number of carbonyl (C=O) groups is 1. The Balaban J connectivity index is 2.12. The Hall–Kier alpha value is -0.590. The van der Waals surface area contributed by atoms with Crippen LogP contribution in [0.3, 0.4) is 0 Å². The van der Waals surface area contributed by atoms with Crippen LogP contribution < -0.4 is 5.73 Å². The SMILES string of the molecule is CC(N)c1nc(C(=O)N2CCSCC2C)cs1. The Morgan fingerprint density at radius 3 is 3.06 bits per heavy atom. The van der Waals surface area contributed by atoms with Gasteiger partial charge in [-0.25, -0.2) is 4.98 Å². The number of rotatable bonds is 2. The Morgan fingerprint density at radius 2 is 2.47 bits per heavy atom. The number of nitrogens with two attached hydrogens (primary N) is 1. The van der Waals surface area contributed by atoms with Gasteiger partial charge in [-0.05, 0) is 13.8 Å². The standard InChI is InChI=1S/C11H17N3OS2/c1-7-5-16-4-3-14(7)11(15)9-6-17-10(13-9)8(2)12/h6-8H,3-5,12H2,1-2H3. The third-order valence-electron chi connectivity index (χ3n) is 2.76. The maximum Gasteiger partial charge on any atom is 0.273 e. The lowest BCUT2D eigenvalue weighted by atomic mass is 10.2. The summed E-state index contributed by atoms with van der Waals surface area (Å²) < 4.78 is 0. The average Bonchev–Trinajstić information content (AvgIpc) is 2.78. The van der Waals surface area contributed by atoms with Gasteiger partial charge in [-0.2, -0.15) is 11.8 Å². The van der Waals surface area contributed by atoms with Crippen molar-refractivity contribution in [3.63, 3.8) is 0 Å². The molecule has 2 unspecified atom stereocenters. The van der Waals surface area contributed by atoms with Gasteiger partial charge in [0.15, 0.2) is 0 Å². The number of aromatic nitrogens is 1. The van der Waals surface area contributed by atoms with Gasteiger partial charge in [-0.3, -0.25) is 4.79 Å². The number of amides is 1. The maximum atomic E-state index is 12.3. The maximum absolute atomic E-state index is 12.3. The van der Waals surface area contributed by atoms with Crippen LogP contribution in [-0.4, -0.2) is 39.9 Å². The predicted octanol–water partition coefficient (Wildman–Crippen LogP) is 1.74. The first-order valence-corrected chi connectivity index (χ1v) is 7.72. The van der Waals surface area contributed by atoms with Crippen LogP contribution in [0.15, 0.2) is 5.38 Å². The topological polar surface area (TPSA) is 59.2 Å². The first-order valence-electron chi connectivity index (χ1n) is 5.69. The van der Waals surface area contributed by atoms with Crippen molar-refractivity contribution in [3.8, 4) is 0 Å². The smallest absolute Gasteiger partial charge is 0.273 e. The van der Waals surface area contributed by atoms with E-state index in [1.165, 1.54) is 11.3 Å². The van der Waals surface area contributed by atoms with Crippen LogP contribution in [-0.2, 0) is 0 Å². The lowest BCUT2D eigenvalue weighted by Gasteiger charge is -2.32. The summed E-state index contributed by atoms with van der Waals surface area (Å²) in [6, 6.07) is 0.192. The van der Waals surface area contributed by atoms with Crippen molar-refractivity contribution in [1.29, 1.82) is 0 Å². The van der Waals surface area contributed by atoms with Gasteiger partial charge >= 0.3 is 0 Å². The second-order valence-corrected chi connectivity index (χ2v) is 6.32. The van der Waals surface area contributed by atoms with Gasteiger partial charge < -0.3 is 10.6 Å². The first kappa shape index (κ1) is 12.9. The molecule has 94 valence electrons. The van der Waals surface area contributed by atoms with Crippen LogP contribution >= 0.6 is 23.1 Å². The molecule has 1 saturated heterocycles. The van der Waals surface area contributed by atoms with Crippen LogP contribution in [0.1, 0.15) is 35.4 Å². The molecule has 2 N–H and O–H groups in total. The molecular formula is C11H17N3OS2. The molecule has 0 aliphatic carbocycles. The minimum atomic E-state index is -0.101. The van der Waals surface area contributed by atoms with Gasteiger partial charge in [0, 0.05) is 29.5 Å². The summed E-state index contributed by atoms with van der Waals surface area (Å²) in [5.41, 5.74) is 6.30. The van der Waals surface area contributed by atoms with E-state index in [1.54, 1.807) is 0 Å². The molecule has 4 nitrogen and oxygen atoms in total. The Labute approximate surface area is 110 Å². The lowest BCUT2D eigenvalue weighted by Crippen LogP contribution is -2.44. The number of thiazole rings is 1. The molecule has 1 amide bonds. The molecule has 1 aliphatic rings. The van der Waals surface area contributed by atoms with Crippen molar-refractivity contribution in [2.24, 2.45) is 5.73 Å². The molecule has 2 rings (SSSR count). The van der Waals surface area contributed by atoms with E-state index in [4.69, 9.17) is 5.73 Å².